The molecule has 1 aromatic heterocycles. The fourth-order valence-electron chi connectivity index (χ4n) is 1.78. The van der Waals surface area contributed by atoms with Gasteiger partial charge in [0.1, 0.15) is 11.5 Å². The topological polar surface area (TPSA) is 99.6 Å². The Kier molecular flexibility index (Phi) is 7.13. The molecule has 0 bridgehead atoms. The second-order valence-electron chi connectivity index (χ2n) is 4.68. The van der Waals surface area contributed by atoms with E-state index in [9.17, 15) is 8.42 Å². The van der Waals surface area contributed by atoms with E-state index in [0.29, 0.717) is 6.61 Å². The van der Waals surface area contributed by atoms with Crippen molar-refractivity contribution in [3.63, 3.8) is 0 Å². The lowest BCUT2D eigenvalue weighted by atomic mass is 10.4. The normalized spacial score (nSPS) is 11.3. The molecule has 2 rings (SSSR count). The number of nitrogens with zero attached hydrogens (tertiary/aromatic N) is 2. The summed E-state index contributed by atoms with van der Waals surface area (Å²) in [4.78, 5) is 7.70. The van der Waals surface area contributed by atoms with Gasteiger partial charge in [0.15, 0.2) is 5.15 Å². The molecule has 0 aliphatic carbocycles. The zero-order valence-corrected chi connectivity index (χ0v) is 16.7. The SMILES string of the molecule is COCCOc1nc(OC)c(NS(=O)(=O)c2cccc(Cl)c2Cl)nc1Cl. The zero-order valence-electron chi connectivity index (χ0n) is 13.6. The molecule has 0 saturated carbocycles. The molecule has 0 spiro atoms. The maximum absolute atomic E-state index is 12.6. The van der Waals surface area contributed by atoms with Gasteiger partial charge in [-0.15, -0.1) is 0 Å². The Labute approximate surface area is 165 Å². The van der Waals surface area contributed by atoms with Crippen molar-refractivity contribution in [2.45, 2.75) is 4.90 Å². The maximum Gasteiger partial charge on any atom is 0.264 e. The van der Waals surface area contributed by atoms with Crippen LogP contribution in [0.4, 0.5) is 5.82 Å². The van der Waals surface area contributed by atoms with Gasteiger partial charge in [-0.25, -0.2) is 13.4 Å². The van der Waals surface area contributed by atoms with Crippen molar-refractivity contribution in [1.29, 1.82) is 0 Å². The molecular formula is C14H14Cl3N3O5S. The van der Waals surface area contributed by atoms with Gasteiger partial charge in [-0.05, 0) is 12.1 Å². The number of aromatic nitrogens is 2. The zero-order chi connectivity index (χ0) is 19.3. The first kappa shape index (κ1) is 20.8. The first-order valence-electron chi connectivity index (χ1n) is 7.00. The van der Waals surface area contributed by atoms with E-state index in [0.717, 1.165) is 0 Å². The van der Waals surface area contributed by atoms with Crippen LogP contribution in [0.3, 0.4) is 0 Å². The van der Waals surface area contributed by atoms with E-state index in [-0.39, 0.29) is 44.3 Å². The lowest BCUT2D eigenvalue weighted by Crippen LogP contribution is -2.16. The van der Waals surface area contributed by atoms with Gasteiger partial charge in [0, 0.05) is 7.11 Å². The van der Waals surface area contributed by atoms with Gasteiger partial charge < -0.3 is 14.2 Å². The van der Waals surface area contributed by atoms with Crippen LogP contribution < -0.4 is 14.2 Å². The molecule has 26 heavy (non-hydrogen) atoms. The van der Waals surface area contributed by atoms with Crippen molar-refractivity contribution >= 4 is 50.6 Å². The third-order valence-corrected chi connectivity index (χ3v) is 5.51. The number of benzene rings is 1. The third-order valence-electron chi connectivity index (χ3n) is 2.95. The van der Waals surface area contributed by atoms with Crippen LogP contribution in [0.1, 0.15) is 0 Å². The number of ether oxygens (including phenoxy) is 3. The summed E-state index contributed by atoms with van der Waals surface area (Å²) < 4.78 is 42.6. The van der Waals surface area contributed by atoms with E-state index >= 15 is 0 Å². The number of hydrogen-bond acceptors (Lipinski definition) is 7. The van der Waals surface area contributed by atoms with Crippen LogP contribution in [0.5, 0.6) is 11.8 Å². The lowest BCUT2D eigenvalue weighted by Gasteiger charge is -2.13. The Morgan fingerprint density at radius 3 is 2.46 bits per heavy atom. The summed E-state index contributed by atoms with van der Waals surface area (Å²) in [7, 11) is -1.32. The number of nitrogens with one attached hydrogen (secondary N) is 1. The Hall–Kier alpha value is -1.52. The summed E-state index contributed by atoms with van der Waals surface area (Å²) in [6.45, 7) is 0.485. The molecule has 142 valence electrons. The van der Waals surface area contributed by atoms with E-state index in [2.05, 4.69) is 14.7 Å². The molecule has 8 nitrogen and oxygen atoms in total. The van der Waals surface area contributed by atoms with Crippen LogP contribution >= 0.6 is 34.8 Å². The molecule has 0 atom stereocenters. The van der Waals surface area contributed by atoms with Crippen molar-refractivity contribution in [3.05, 3.63) is 33.4 Å². The second-order valence-corrected chi connectivity index (χ2v) is 7.47. The number of hydrogen-bond donors (Lipinski definition) is 1. The fraction of sp³-hybridized carbons (Fsp3) is 0.286. The molecule has 0 saturated heterocycles. The molecule has 0 radical (unpaired) electrons. The monoisotopic (exact) mass is 441 g/mol. The van der Waals surface area contributed by atoms with Crippen molar-refractivity contribution in [2.75, 3.05) is 32.2 Å². The summed E-state index contributed by atoms with van der Waals surface area (Å²) in [5, 5.41) is -0.191. The lowest BCUT2D eigenvalue weighted by molar-refractivity contribution is 0.143. The second kappa shape index (κ2) is 8.92. The minimum atomic E-state index is -4.12. The van der Waals surface area contributed by atoms with Gasteiger partial charge in [-0.3, -0.25) is 4.72 Å². The Morgan fingerprint density at radius 1 is 1.08 bits per heavy atom. The summed E-state index contributed by atoms with van der Waals surface area (Å²) in [6, 6.07) is 4.21. The van der Waals surface area contributed by atoms with Crippen molar-refractivity contribution in [1.82, 2.24) is 9.97 Å². The molecule has 12 heteroatoms. The van der Waals surface area contributed by atoms with Crippen molar-refractivity contribution < 1.29 is 22.6 Å². The van der Waals surface area contributed by atoms with E-state index < -0.39 is 10.0 Å². The number of halogens is 3. The standard InChI is InChI=1S/C14H14Cl3N3O5S/c1-23-6-7-25-13-11(17)18-12(14(19-13)24-2)20-26(21,22)9-5-3-4-8(15)10(9)16/h3-5H,6-7H2,1-2H3,(H,18,20). The minimum Gasteiger partial charge on any atom is -0.478 e. The predicted molar refractivity (Wildman–Crippen MR) is 98.2 cm³/mol. The van der Waals surface area contributed by atoms with Gasteiger partial charge in [0.05, 0.1) is 23.8 Å². The largest absolute Gasteiger partial charge is 0.478 e. The van der Waals surface area contributed by atoms with E-state index in [1.807, 2.05) is 0 Å². The first-order valence-corrected chi connectivity index (χ1v) is 9.62. The molecule has 0 aliphatic heterocycles. The van der Waals surface area contributed by atoms with Crippen LogP contribution in [0, 0.1) is 0 Å². The maximum atomic E-state index is 12.6. The molecule has 1 aromatic carbocycles. The molecule has 1 N–H and O–H groups in total. The Bertz CT molecular complexity index is 896. The van der Waals surface area contributed by atoms with Gasteiger partial charge in [0.2, 0.25) is 5.82 Å². The molecule has 0 aliphatic rings. The van der Waals surface area contributed by atoms with Gasteiger partial charge in [0.25, 0.3) is 21.8 Å². The molecule has 0 unspecified atom stereocenters. The number of sulfonamides is 1. The average molecular weight is 443 g/mol. The highest BCUT2D eigenvalue weighted by Gasteiger charge is 2.24. The number of methoxy groups -OCH3 is 2. The highest BCUT2D eigenvalue weighted by Crippen LogP contribution is 2.33. The van der Waals surface area contributed by atoms with E-state index in [1.54, 1.807) is 0 Å². The first-order chi connectivity index (χ1) is 12.3. The van der Waals surface area contributed by atoms with Crippen LogP contribution in [0.2, 0.25) is 15.2 Å². The van der Waals surface area contributed by atoms with Crippen LogP contribution in [0.15, 0.2) is 23.1 Å². The number of rotatable bonds is 8. The summed E-state index contributed by atoms with van der Waals surface area (Å²) >= 11 is 17.8. The smallest absolute Gasteiger partial charge is 0.264 e. The van der Waals surface area contributed by atoms with Crippen LogP contribution in [-0.2, 0) is 14.8 Å². The molecule has 0 fully saturated rings. The summed E-state index contributed by atoms with van der Waals surface area (Å²) in [6.07, 6.45) is 0. The third kappa shape index (κ3) is 4.80. The van der Waals surface area contributed by atoms with Crippen molar-refractivity contribution in [2.24, 2.45) is 0 Å². The van der Waals surface area contributed by atoms with Gasteiger partial charge >= 0.3 is 0 Å². The highest BCUT2D eigenvalue weighted by atomic mass is 35.5. The number of anilines is 1. The minimum absolute atomic E-state index is 0.0238. The van der Waals surface area contributed by atoms with Crippen LogP contribution in [0.25, 0.3) is 0 Å². The summed E-state index contributed by atoms with van der Waals surface area (Å²) in [5.41, 5.74) is 0. The molecular weight excluding hydrogens is 429 g/mol. The van der Waals surface area contributed by atoms with E-state index in [1.165, 1.54) is 32.4 Å². The van der Waals surface area contributed by atoms with E-state index in [4.69, 9.17) is 49.0 Å². The van der Waals surface area contributed by atoms with Crippen molar-refractivity contribution in [3.8, 4) is 11.8 Å². The van der Waals surface area contributed by atoms with Gasteiger partial charge in [-0.1, -0.05) is 40.9 Å². The molecule has 2 aromatic rings. The molecule has 0 amide bonds. The average Bonchev–Trinajstić information content (AvgIpc) is 2.59. The van der Waals surface area contributed by atoms with Gasteiger partial charge in [-0.2, -0.15) is 4.98 Å². The predicted octanol–water partition coefficient (Wildman–Crippen LogP) is 3.27. The Balaban J connectivity index is 2.36. The van der Waals surface area contributed by atoms with Crippen LogP contribution in [-0.4, -0.2) is 45.8 Å². The highest BCUT2D eigenvalue weighted by molar-refractivity contribution is 7.92. The quantitative estimate of drug-likeness (QED) is 0.626. The fourth-order valence-corrected chi connectivity index (χ4v) is 3.72. The molecule has 1 heterocycles. The summed E-state index contributed by atoms with van der Waals surface area (Å²) in [5.74, 6) is -0.388. The Morgan fingerprint density at radius 2 is 1.81 bits per heavy atom.